The number of piperazine rings is 1. The SMILES string of the molecule is COc1ccccc1CCNC(=O)[C@H](C)N1CCN(c2ccc(C)c(C)c2)CC1. The maximum atomic E-state index is 12.6. The smallest absolute Gasteiger partial charge is 0.237 e. The number of methoxy groups -OCH3 is 1. The zero-order chi connectivity index (χ0) is 20.8. The van der Waals surface area contributed by atoms with Gasteiger partial charge in [0.25, 0.3) is 0 Å². The Labute approximate surface area is 174 Å². The van der Waals surface area contributed by atoms with Crippen LogP contribution in [0, 0.1) is 13.8 Å². The van der Waals surface area contributed by atoms with Crippen molar-refractivity contribution in [2.45, 2.75) is 33.2 Å². The molecule has 1 heterocycles. The first kappa shape index (κ1) is 21.2. The average molecular weight is 396 g/mol. The van der Waals surface area contributed by atoms with Gasteiger partial charge in [-0.25, -0.2) is 0 Å². The Morgan fingerprint density at radius 3 is 2.48 bits per heavy atom. The number of anilines is 1. The van der Waals surface area contributed by atoms with Crippen molar-refractivity contribution in [3.05, 3.63) is 59.2 Å². The van der Waals surface area contributed by atoms with Gasteiger partial charge in [-0.2, -0.15) is 0 Å². The number of hydrogen-bond acceptors (Lipinski definition) is 4. The summed E-state index contributed by atoms with van der Waals surface area (Å²) in [7, 11) is 1.68. The number of para-hydroxylation sites is 1. The second-order valence-corrected chi connectivity index (χ2v) is 7.82. The van der Waals surface area contributed by atoms with Gasteiger partial charge in [0.1, 0.15) is 5.75 Å². The number of hydrogen-bond donors (Lipinski definition) is 1. The molecule has 29 heavy (non-hydrogen) atoms. The summed E-state index contributed by atoms with van der Waals surface area (Å²) in [6.45, 7) is 10.6. The van der Waals surface area contributed by atoms with Crippen molar-refractivity contribution in [1.29, 1.82) is 0 Å². The van der Waals surface area contributed by atoms with Crippen molar-refractivity contribution in [2.24, 2.45) is 0 Å². The Bertz CT molecular complexity index is 829. The van der Waals surface area contributed by atoms with E-state index >= 15 is 0 Å². The van der Waals surface area contributed by atoms with Crippen molar-refractivity contribution < 1.29 is 9.53 Å². The molecule has 5 nitrogen and oxygen atoms in total. The van der Waals surface area contributed by atoms with Gasteiger partial charge in [0.15, 0.2) is 0 Å². The van der Waals surface area contributed by atoms with Gasteiger partial charge in [0.2, 0.25) is 5.91 Å². The molecule has 2 aromatic carbocycles. The van der Waals surface area contributed by atoms with Gasteiger partial charge in [-0.15, -0.1) is 0 Å². The highest BCUT2D eigenvalue weighted by atomic mass is 16.5. The molecule has 5 heteroatoms. The summed E-state index contributed by atoms with van der Waals surface area (Å²) in [4.78, 5) is 17.3. The van der Waals surface area contributed by atoms with Crippen LogP contribution in [0.2, 0.25) is 0 Å². The van der Waals surface area contributed by atoms with E-state index in [9.17, 15) is 4.79 Å². The van der Waals surface area contributed by atoms with Crippen molar-refractivity contribution in [2.75, 3.05) is 44.7 Å². The molecule has 1 saturated heterocycles. The fourth-order valence-corrected chi connectivity index (χ4v) is 3.83. The van der Waals surface area contributed by atoms with Crippen molar-refractivity contribution >= 4 is 11.6 Å². The zero-order valence-electron chi connectivity index (χ0n) is 18.1. The molecule has 0 aliphatic carbocycles. The van der Waals surface area contributed by atoms with Gasteiger partial charge in [-0.1, -0.05) is 24.3 Å². The normalized spacial score (nSPS) is 15.8. The molecule has 1 atom stereocenters. The standard InChI is InChI=1S/C24H33N3O2/c1-18-9-10-22(17-19(18)2)27-15-13-26(14-16-27)20(3)24(28)25-12-11-21-7-5-6-8-23(21)29-4/h5-10,17,20H,11-16H2,1-4H3,(H,25,28)/t20-/m0/s1. The molecule has 0 aromatic heterocycles. The Morgan fingerprint density at radius 2 is 1.79 bits per heavy atom. The van der Waals surface area contributed by atoms with Crippen LogP contribution in [-0.4, -0.2) is 56.7 Å². The van der Waals surface area contributed by atoms with Crippen LogP contribution in [0.3, 0.4) is 0 Å². The van der Waals surface area contributed by atoms with Crippen molar-refractivity contribution in [3.63, 3.8) is 0 Å². The minimum absolute atomic E-state index is 0.0968. The van der Waals surface area contributed by atoms with Crippen LogP contribution < -0.4 is 15.0 Å². The molecular formula is C24H33N3O2. The maximum absolute atomic E-state index is 12.6. The lowest BCUT2D eigenvalue weighted by atomic mass is 10.1. The lowest BCUT2D eigenvalue weighted by molar-refractivity contribution is -0.125. The molecule has 2 aromatic rings. The minimum atomic E-state index is -0.116. The van der Waals surface area contributed by atoms with E-state index in [2.05, 4.69) is 47.2 Å². The summed E-state index contributed by atoms with van der Waals surface area (Å²) in [5.41, 5.74) is 5.05. The van der Waals surface area contributed by atoms with E-state index in [1.165, 1.54) is 16.8 Å². The summed E-state index contributed by atoms with van der Waals surface area (Å²) in [6.07, 6.45) is 0.767. The fourth-order valence-electron chi connectivity index (χ4n) is 3.83. The largest absolute Gasteiger partial charge is 0.496 e. The summed E-state index contributed by atoms with van der Waals surface area (Å²) >= 11 is 0. The third-order valence-electron chi connectivity index (χ3n) is 5.98. The topological polar surface area (TPSA) is 44.8 Å². The third kappa shape index (κ3) is 5.30. The molecule has 0 unspecified atom stereocenters. The first-order chi connectivity index (χ1) is 14.0. The molecule has 1 aliphatic heterocycles. The number of carbonyl (C=O) groups excluding carboxylic acids is 1. The molecule has 0 saturated carbocycles. The number of benzene rings is 2. The highest BCUT2D eigenvalue weighted by Crippen LogP contribution is 2.21. The van der Waals surface area contributed by atoms with Gasteiger partial charge in [0, 0.05) is 38.4 Å². The Kier molecular flexibility index (Phi) is 7.15. The number of amides is 1. The molecule has 0 bridgehead atoms. The van der Waals surface area contributed by atoms with Crippen LogP contribution in [0.15, 0.2) is 42.5 Å². The van der Waals surface area contributed by atoms with E-state index in [0.717, 1.165) is 43.9 Å². The van der Waals surface area contributed by atoms with Gasteiger partial charge >= 0.3 is 0 Å². The van der Waals surface area contributed by atoms with Crippen molar-refractivity contribution in [1.82, 2.24) is 10.2 Å². The molecule has 3 rings (SSSR count). The fraction of sp³-hybridized carbons (Fsp3) is 0.458. The first-order valence-corrected chi connectivity index (χ1v) is 10.5. The Morgan fingerprint density at radius 1 is 1.07 bits per heavy atom. The summed E-state index contributed by atoms with van der Waals surface area (Å²) < 4.78 is 5.38. The molecule has 0 spiro atoms. The Hall–Kier alpha value is -2.53. The quantitative estimate of drug-likeness (QED) is 0.782. The van der Waals surface area contributed by atoms with Gasteiger partial charge in [-0.05, 0) is 62.1 Å². The summed E-state index contributed by atoms with van der Waals surface area (Å²) in [5.74, 6) is 0.969. The number of ether oxygens (including phenoxy) is 1. The second kappa shape index (κ2) is 9.79. The van der Waals surface area contributed by atoms with Gasteiger partial charge in [0.05, 0.1) is 13.2 Å². The predicted octanol–water partition coefficient (Wildman–Crippen LogP) is 3.18. The molecule has 156 valence electrons. The van der Waals surface area contributed by atoms with Crippen molar-refractivity contribution in [3.8, 4) is 5.75 Å². The number of rotatable bonds is 7. The van der Waals surface area contributed by atoms with E-state index < -0.39 is 0 Å². The maximum Gasteiger partial charge on any atom is 0.237 e. The number of carbonyl (C=O) groups is 1. The highest BCUT2D eigenvalue weighted by molar-refractivity contribution is 5.81. The van der Waals surface area contributed by atoms with Crippen LogP contribution >= 0.6 is 0 Å². The van der Waals surface area contributed by atoms with Crippen LogP contribution in [0.5, 0.6) is 5.75 Å². The third-order valence-corrected chi connectivity index (χ3v) is 5.98. The van der Waals surface area contributed by atoms with Gasteiger partial charge < -0.3 is 15.0 Å². The molecule has 1 fully saturated rings. The lowest BCUT2D eigenvalue weighted by Gasteiger charge is -2.38. The van der Waals surface area contributed by atoms with Crippen LogP contribution in [0.1, 0.15) is 23.6 Å². The van der Waals surface area contributed by atoms with E-state index in [1.54, 1.807) is 7.11 Å². The first-order valence-electron chi connectivity index (χ1n) is 10.5. The Balaban J connectivity index is 1.46. The lowest BCUT2D eigenvalue weighted by Crippen LogP contribution is -2.54. The predicted molar refractivity (Wildman–Crippen MR) is 119 cm³/mol. The monoisotopic (exact) mass is 395 g/mol. The van der Waals surface area contributed by atoms with E-state index in [4.69, 9.17) is 4.74 Å². The van der Waals surface area contributed by atoms with E-state index in [1.807, 2.05) is 31.2 Å². The van der Waals surface area contributed by atoms with E-state index in [0.29, 0.717) is 6.54 Å². The molecule has 1 amide bonds. The van der Waals surface area contributed by atoms with Crippen LogP contribution in [0.4, 0.5) is 5.69 Å². The molecule has 1 aliphatic rings. The number of nitrogens with one attached hydrogen (secondary N) is 1. The minimum Gasteiger partial charge on any atom is -0.496 e. The highest BCUT2D eigenvalue weighted by Gasteiger charge is 2.25. The molecular weight excluding hydrogens is 362 g/mol. The zero-order valence-corrected chi connectivity index (χ0v) is 18.1. The van der Waals surface area contributed by atoms with Crippen LogP contribution in [-0.2, 0) is 11.2 Å². The van der Waals surface area contributed by atoms with E-state index in [-0.39, 0.29) is 11.9 Å². The van der Waals surface area contributed by atoms with Gasteiger partial charge in [-0.3, -0.25) is 9.69 Å². The number of aryl methyl sites for hydroxylation is 2. The summed E-state index contributed by atoms with van der Waals surface area (Å²) in [6, 6.07) is 14.5. The molecule has 0 radical (unpaired) electrons. The van der Waals surface area contributed by atoms with Crippen LogP contribution in [0.25, 0.3) is 0 Å². The average Bonchev–Trinajstić information content (AvgIpc) is 2.75. The molecule has 1 N–H and O–H groups in total. The number of nitrogens with zero attached hydrogens (tertiary/aromatic N) is 2. The second-order valence-electron chi connectivity index (χ2n) is 7.82. The summed E-state index contributed by atoms with van der Waals surface area (Å²) in [5, 5.41) is 3.09.